The van der Waals surface area contributed by atoms with Gasteiger partial charge in [-0.2, -0.15) is 5.10 Å². The Morgan fingerprint density at radius 3 is 2.82 bits per heavy atom. The molecular weight excluding hydrogens is 234 g/mol. The summed E-state index contributed by atoms with van der Waals surface area (Å²) in [5, 5.41) is 7.13. The first-order valence-corrected chi connectivity index (χ1v) is 6.20. The Morgan fingerprint density at radius 1 is 1.29 bits per heavy atom. The van der Waals surface area contributed by atoms with Gasteiger partial charge >= 0.3 is 0 Å². The van der Waals surface area contributed by atoms with E-state index in [1.807, 2.05) is 0 Å². The van der Waals surface area contributed by atoms with Gasteiger partial charge in [0.25, 0.3) is 0 Å². The quantitative estimate of drug-likeness (QED) is 0.828. The van der Waals surface area contributed by atoms with E-state index in [1.165, 1.54) is 25.7 Å². The van der Waals surface area contributed by atoms with Crippen molar-refractivity contribution in [2.75, 3.05) is 0 Å². The van der Waals surface area contributed by atoms with Crippen LogP contribution >= 0.6 is 12.2 Å². The van der Waals surface area contributed by atoms with E-state index in [9.17, 15) is 0 Å². The average Bonchev–Trinajstić information content (AvgIpc) is 2.99. The fourth-order valence-corrected chi connectivity index (χ4v) is 2.68. The van der Waals surface area contributed by atoms with E-state index < -0.39 is 0 Å². The molecule has 1 aliphatic rings. The third kappa shape index (κ3) is 1.88. The molecule has 0 radical (unpaired) electrons. The maximum atomic E-state index is 5.31. The normalized spacial score (nSPS) is 16.5. The number of nitrogens with one attached hydrogen (secondary N) is 1. The summed E-state index contributed by atoms with van der Waals surface area (Å²) in [4.78, 5) is 8.36. The van der Waals surface area contributed by atoms with E-state index in [2.05, 4.69) is 24.7 Å². The second-order valence-electron chi connectivity index (χ2n) is 4.25. The summed E-state index contributed by atoms with van der Waals surface area (Å²) in [6.07, 6.45) is 9.91. The highest BCUT2D eigenvalue weighted by molar-refractivity contribution is 7.71. The summed E-state index contributed by atoms with van der Waals surface area (Å²) >= 11 is 5.31. The lowest BCUT2D eigenvalue weighted by Crippen LogP contribution is -2.07. The maximum Gasteiger partial charge on any atom is 0.195 e. The van der Waals surface area contributed by atoms with Gasteiger partial charge < -0.3 is 0 Å². The van der Waals surface area contributed by atoms with Crippen LogP contribution in [0.4, 0.5) is 0 Å². The maximum absolute atomic E-state index is 5.31. The topological polar surface area (TPSA) is 59.4 Å². The van der Waals surface area contributed by atoms with Gasteiger partial charge in [-0.05, 0) is 25.1 Å². The Hall–Kier alpha value is -1.56. The number of H-pyrrole nitrogens is 1. The van der Waals surface area contributed by atoms with E-state index in [-0.39, 0.29) is 0 Å². The van der Waals surface area contributed by atoms with Gasteiger partial charge in [-0.3, -0.25) is 14.6 Å². The summed E-state index contributed by atoms with van der Waals surface area (Å²) in [5.74, 6) is 0.801. The predicted octanol–water partition coefficient (Wildman–Crippen LogP) is 2.51. The van der Waals surface area contributed by atoms with Crippen LogP contribution in [0.15, 0.2) is 18.6 Å². The van der Waals surface area contributed by atoms with Crippen LogP contribution in [0.25, 0.3) is 11.5 Å². The van der Waals surface area contributed by atoms with E-state index in [4.69, 9.17) is 12.2 Å². The van der Waals surface area contributed by atoms with E-state index in [0.29, 0.717) is 10.8 Å². The van der Waals surface area contributed by atoms with E-state index in [0.717, 1.165) is 11.5 Å². The molecule has 2 aromatic heterocycles. The largest absolute Gasteiger partial charge is 0.296 e. The highest BCUT2D eigenvalue weighted by Gasteiger charge is 2.22. The van der Waals surface area contributed by atoms with Gasteiger partial charge in [0, 0.05) is 18.4 Å². The van der Waals surface area contributed by atoms with Crippen LogP contribution in [0.5, 0.6) is 0 Å². The summed E-state index contributed by atoms with van der Waals surface area (Å²) < 4.78 is 2.77. The minimum atomic E-state index is 0.457. The van der Waals surface area contributed by atoms with Crippen molar-refractivity contribution in [2.45, 2.75) is 31.7 Å². The zero-order chi connectivity index (χ0) is 11.7. The van der Waals surface area contributed by atoms with Crippen molar-refractivity contribution >= 4 is 12.2 Å². The minimum Gasteiger partial charge on any atom is -0.296 e. The molecular formula is C11H13N5S. The first kappa shape index (κ1) is 10.6. The van der Waals surface area contributed by atoms with Crippen LogP contribution in [-0.2, 0) is 0 Å². The molecule has 1 saturated carbocycles. The van der Waals surface area contributed by atoms with E-state index >= 15 is 0 Å². The molecule has 5 nitrogen and oxygen atoms in total. The number of hydrogen-bond donors (Lipinski definition) is 1. The Labute approximate surface area is 104 Å². The Bertz CT molecular complexity index is 553. The van der Waals surface area contributed by atoms with Gasteiger partial charge in [0.15, 0.2) is 10.6 Å². The summed E-state index contributed by atoms with van der Waals surface area (Å²) in [6.45, 7) is 0. The van der Waals surface area contributed by atoms with Gasteiger partial charge in [-0.1, -0.05) is 12.8 Å². The minimum absolute atomic E-state index is 0.457. The first-order chi connectivity index (χ1) is 8.36. The lowest BCUT2D eigenvalue weighted by Gasteiger charge is -2.12. The van der Waals surface area contributed by atoms with Gasteiger partial charge in [-0.15, -0.1) is 0 Å². The van der Waals surface area contributed by atoms with Gasteiger partial charge in [0.2, 0.25) is 0 Å². The molecule has 0 saturated heterocycles. The van der Waals surface area contributed by atoms with Crippen LogP contribution < -0.4 is 0 Å². The van der Waals surface area contributed by atoms with Crippen molar-refractivity contribution in [1.29, 1.82) is 0 Å². The first-order valence-electron chi connectivity index (χ1n) is 5.79. The SMILES string of the molecule is S=c1[nH]nc(-c2cnccn2)n1C1CCCC1. The Kier molecular flexibility index (Phi) is 2.72. The molecule has 0 unspecified atom stereocenters. The molecule has 0 aliphatic heterocycles. The molecule has 2 heterocycles. The second-order valence-corrected chi connectivity index (χ2v) is 4.64. The fourth-order valence-electron chi connectivity index (χ4n) is 2.40. The van der Waals surface area contributed by atoms with Crippen LogP contribution in [0, 0.1) is 4.77 Å². The zero-order valence-electron chi connectivity index (χ0n) is 9.33. The molecule has 17 heavy (non-hydrogen) atoms. The summed E-state index contributed by atoms with van der Waals surface area (Å²) in [5.41, 5.74) is 0.770. The lowest BCUT2D eigenvalue weighted by molar-refractivity contribution is 0.516. The van der Waals surface area contributed by atoms with Crippen molar-refractivity contribution < 1.29 is 0 Å². The van der Waals surface area contributed by atoms with Crippen molar-refractivity contribution in [3.63, 3.8) is 0 Å². The average molecular weight is 247 g/mol. The molecule has 0 spiro atoms. The number of hydrogen-bond acceptors (Lipinski definition) is 4. The third-order valence-corrected chi connectivity index (χ3v) is 3.47. The number of aromatic amines is 1. The fraction of sp³-hybridized carbons (Fsp3) is 0.455. The monoisotopic (exact) mass is 247 g/mol. The molecule has 2 aromatic rings. The standard InChI is InChI=1S/C11H13N5S/c17-11-15-14-10(9-7-12-5-6-13-9)16(11)8-3-1-2-4-8/h5-8H,1-4H2,(H,15,17). The molecule has 0 bridgehead atoms. The third-order valence-electron chi connectivity index (χ3n) is 3.19. The smallest absolute Gasteiger partial charge is 0.195 e. The molecule has 1 N–H and O–H groups in total. The van der Waals surface area contributed by atoms with Crippen molar-refractivity contribution in [3.05, 3.63) is 23.4 Å². The summed E-state index contributed by atoms with van der Waals surface area (Å²) in [6, 6.07) is 0.457. The molecule has 1 fully saturated rings. The van der Waals surface area contributed by atoms with Gasteiger partial charge in [0.1, 0.15) is 5.69 Å². The van der Waals surface area contributed by atoms with Crippen LogP contribution in [-0.4, -0.2) is 24.7 Å². The molecule has 88 valence electrons. The highest BCUT2D eigenvalue weighted by Crippen LogP contribution is 2.32. The van der Waals surface area contributed by atoms with Crippen molar-refractivity contribution in [1.82, 2.24) is 24.7 Å². The summed E-state index contributed by atoms with van der Waals surface area (Å²) in [7, 11) is 0. The van der Waals surface area contributed by atoms with E-state index in [1.54, 1.807) is 18.6 Å². The Balaban J connectivity index is 2.09. The van der Waals surface area contributed by atoms with Gasteiger partial charge in [0.05, 0.1) is 6.20 Å². The number of nitrogens with zero attached hydrogens (tertiary/aromatic N) is 4. The molecule has 0 amide bonds. The van der Waals surface area contributed by atoms with Crippen molar-refractivity contribution in [2.24, 2.45) is 0 Å². The molecule has 0 aromatic carbocycles. The van der Waals surface area contributed by atoms with Crippen LogP contribution in [0.2, 0.25) is 0 Å². The van der Waals surface area contributed by atoms with Gasteiger partial charge in [-0.25, -0.2) is 4.98 Å². The number of aromatic nitrogens is 5. The van der Waals surface area contributed by atoms with Crippen LogP contribution in [0.1, 0.15) is 31.7 Å². The second kappa shape index (κ2) is 4.37. The zero-order valence-corrected chi connectivity index (χ0v) is 10.2. The molecule has 0 atom stereocenters. The van der Waals surface area contributed by atoms with Crippen molar-refractivity contribution in [3.8, 4) is 11.5 Å². The molecule has 3 rings (SSSR count). The molecule has 1 aliphatic carbocycles. The lowest BCUT2D eigenvalue weighted by atomic mass is 10.2. The van der Waals surface area contributed by atoms with Crippen LogP contribution in [0.3, 0.4) is 0 Å². The predicted molar refractivity (Wildman–Crippen MR) is 65.9 cm³/mol. The molecule has 6 heteroatoms. The number of rotatable bonds is 2. The Morgan fingerprint density at radius 2 is 2.12 bits per heavy atom. The highest BCUT2D eigenvalue weighted by atomic mass is 32.1.